The quantitative estimate of drug-likeness (QED) is 0.0328. The first-order chi connectivity index (χ1) is 26.5. The highest BCUT2D eigenvalue weighted by Gasteiger charge is 2.18. The van der Waals surface area contributed by atoms with Crippen LogP contribution in [-0.4, -0.2) is 47.4 Å². The Hall–Kier alpha value is -2.18. The molecule has 0 aliphatic rings. The van der Waals surface area contributed by atoms with Gasteiger partial charge in [0.25, 0.3) is 0 Å². The highest BCUT2D eigenvalue weighted by molar-refractivity contribution is 5.76. The van der Waals surface area contributed by atoms with Crippen LogP contribution in [0.5, 0.6) is 0 Å². The van der Waals surface area contributed by atoms with Crippen LogP contribution >= 0.6 is 0 Å². The summed E-state index contributed by atoms with van der Waals surface area (Å²) in [6, 6.07) is -0.646. The number of unbranched alkanes of at least 4 members (excludes halogenated alkanes) is 24. The third-order valence-corrected chi connectivity index (χ3v) is 10.1. The van der Waals surface area contributed by atoms with Gasteiger partial charge in [0, 0.05) is 12.8 Å². The third kappa shape index (κ3) is 39.5. The van der Waals surface area contributed by atoms with E-state index in [1.165, 1.54) is 89.9 Å². The number of aliphatic hydroxyl groups excluding tert-OH is 2. The maximum atomic E-state index is 12.3. The number of allylic oxidation sites excluding steroid dienone is 7. The van der Waals surface area contributed by atoms with E-state index in [2.05, 4.69) is 55.6 Å². The molecule has 0 saturated carbocycles. The van der Waals surface area contributed by atoms with E-state index in [4.69, 9.17) is 4.74 Å². The second-order valence-electron chi connectivity index (χ2n) is 15.4. The van der Waals surface area contributed by atoms with Crippen molar-refractivity contribution in [2.75, 3.05) is 13.2 Å². The van der Waals surface area contributed by atoms with Crippen LogP contribution in [-0.2, 0) is 14.3 Å². The molecule has 0 rings (SSSR count). The number of nitrogens with one attached hydrogen (secondary N) is 1. The summed E-state index contributed by atoms with van der Waals surface area (Å²) in [6.45, 7) is 4.76. The Morgan fingerprint density at radius 1 is 0.519 bits per heavy atom. The lowest BCUT2D eigenvalue weighted by atomic mass is 10.1. The molecule has 6 heteroatoms. The molecular weight excluding hydrogens is 671 g/mol. The second kappa shape index (κ2) is 43.5. The van der Waals surface area contributed by atoms with Gasteiger partial charge in [0.1, 0.15) is 0 Å². The molecule has 1 amide bonds. The van der Waals surface area contributed by atoms with E-state index >= 15 is 0 Å². The van der Waals surface area contributed by atoms with Crippen molar-refractivity contribution in [1.82, 2.24) is 5.32 Å². The van der Waals surface area contributed by atoms with Crippen molar-refractivity contribution in [1.29, 1.82) is 0 Å². The first kappa shape index (κ1) is 51.8. The monoisotopic (exact) mass is 758 g/mol. The van der Waals surface area contributed by atoms with Crippen LogP contribution in [0.2, 0.25) is 0 Å². The Labute approximate surface area is 334 Å². The molecule has 0 radical (unpaired) electrons. The topological polar surface area (TPSA) is 95.9 Å². The molecule has 0 spiro atoms. The van der Waals surface area contributed by atoms with Gasteiger partial charge in [0.05, 0.1) is 25.4 Å². The summed E-state index contributed by atoms with van der Waals surface area (Å²) in [6.07, 6.45) is 52.4. The van der Waals surface area contributed by atoms with E-state index in [-0.39, 0.29) is 18.5 Å². The van der Waals surface area contributed by atoms with Gasteiger partial charge in [-0.2, -0.15) is 0 Å². The van der Waals surface area contributed by atoms with Crippen molar-refractivity contribution in [2.45, 2.75) is 231 Å². The molecule has 0 bridgehead atoms. The van der Waals surface area contributed by atoms with Gasteiger partial charge in [-0.1, -0.05) is 159 Å². The number of ether oxygens (including phenoxy) is 1. The van der Waals surface area contributed by atoms with Gasteiger partial charge < -0.3 is 20.3 Å². The fourth-order valence-corrected chi connectivity index (χ4v) is 6.48. The third-order valence-electron chi connectivity index (χ3n) is 10.1. The summed E-state index contributed by atoms with van der Waals surface area (Å²) in [5.41, 5.74) is 0. The average molecular weight is 758 g/mol. The maximum Gasteiger partial charge on any atom is 0.305 e. The predicted molar refractivity (Wildman–Crippen MR) is 232 cm³/mol. The Kier molecular flexibility index (Phi) is 41.8. The number of carbonyl (C=O) groups excluding carboxylic acids is 2. The van der Waals surface area contributed by atoms with Crippen molar-refractivity contribution >= 4 is 11.9 Å². The summed E-state index contributed by atoms with van der Waals surface area (Å²) in [4.78, 5) is 24.3. The van der Waals surface area contributed by atoms with Crippen LogP contribution in [0.1, 0.15) is 219 Å². The molecule has 0 aromatic carbocycles. The number of hydrogen-bond donors (Lipinski definition) is 3. The van der Waals surface area contributed by atoms with E-state index < -0.39 is 12.1 Å². The molecule has 0 aromatic rings. The van der Waals surface area contributed by atoms with Crippen molar-refractivity contribution in [3.63, 3.8) is 0 Å². The lowest BCUT2D eigenvalue weighted by Gasteiger charge is -2.20. The highest BCUT2D eigenvalue weighted by atomic mass is 16.5. The van der Waals surface area contributed by atoms with E-state index in [1.807, 2.05) is 6.08 Å². The summed E-state index contributed by atoms with van der Waals surface area (Å²) >= 11 is 0. The Bertz CT molecular complexity index is 926. The van der Waals surface area contributed by atoms with E-state index in [9.17, 15) is 19.8 Å². The Morgan fingerprint density at radius 3 is 1.44 bits per heavy atom. The fraction of sp³-hybridized carbons (Fsp3) is 0.792. The minimum absolute atomic E-state index is 0.0397. The summed E-state index contributed by atoms with van der Waals surface area (Å²) in [5, 5.41) is 22.8. The molecule has 2 atom stereocenters. The SMILES string of the molecule is CCCCCC/C=C\C/C=C\CCCCCCCC(=O)OCCCCC/C=C\CCCCCCCC(=O)NC(CO)C(O)/C=C/CCCCCCCCC. The Balaban J connectivity index is 3.55. The fourth-order valence-electron chi connectivity index (χ4n) is 6.48. The molecular formula is C48H87NO5. The van der Waals surface area contributed by atoms with Gasteiger partial charge in [0.2, 0.25) is 5.91 Å². The molecule has 54 heavy (non-hydrogen) atoms. The lowest BCUT2D eigenvalue weighted by Crippen LogP contribution is -2.45. The normalized spacial score (nSPS) is 13.2. The minimum Gasteiger partial charge on any atom is -0.466 e. The van der Waals surface area contributed by atoms with Gasteiger partial charge in [-0.15, -0.1) is 0 Å². The van der Waals surface area contributed by atoms with Crippen molar-refractivity contribution < 1.29 is 24.5 Å². The van der Waals surface area contributed by atoms with Crippen molar-refractivity contribution in [2.24, 2.45) is 0 Å². The van der Waals surface area contributed by atoms with Gasteiger partial charge in [-0.3, -0.25) is 9.59 Å². The molecule has 0 heterocycles. The van der Waals surface area contributed by atoms with Crippen LogP contribution in [0.25, 0.3) is 0 Å². The molecule has 314 valence electrons. The zero-order chi connectivity index (χ0) is 39.4. The summed E-state index contributed by atoms with van der Waals surface area (Å²) < 4.78 is 5.43. The molecule has 0 aliphatic heterocycles. The highest BCUT2D eigenvalue weighted by Crippen LogP contribution is 2.12. The largest absolute Gasteiger partial charge is 0.466 e. The number of carbonyl (C=O) groups is 2. The van der Waals surface area contributed by atoms with Gasteiger partial charge in [-0.25, -0.2) is 0 Å². The molecule has 6 nitrogen and oxygen atoms in total. The van der Waals surface area contributed by atoms with Crippen molar-refractivity contribution in [3.05, 3.63) is 48.6 Å². The van der Waals surface area contributed by atoms with Crippen LogP contribution < -0.4 is 5.32 Å². The number of aliphatic hydroxyl groups is 2. The molecule has 2 unspecified atom stereocenters. The smallest absolute Gasteiger partial charge is 0.305 e. The van der Waals surface area contributed by atoms with Gasteiger partial charge >= 0.3 is 5.97 Å². The van der Waals surface area contributed by atoms with Gasteiger partial charge in [-0.05, 0) is 96.3 Å². The molecule has 3 N–H and O–H groups in total. The molecule has 0 fully saturated rings. The number of hydrogen-bond acceptors (Lipinski definition) is 5. The van der Waals surface area contributed by atoms with Crippen molar-refractivity contribution in [3.8, 4) is 0 Å². The first-order valence-corrected chi connectivity index (χ1v) is 22.9. The van der Waals surface area contributed by atoms with E-state index in [1.54, 1.807) is 6.08 Å². The van der Waals surface area contributed by atoms with Crippen LogP contribution in [0.15, 0.2) is 48.6 Å². The lowest BCUT2D eigenvalue weighted by molar-refractivity contribution is -0.143. The van der Waals surface area contributed by atoms with E-state index in [0.29, 0.717) is 19.4 Å². The Morgan fingerprint density at radius 2 is 0.926 bits per heavy atom. The number of amides is 1. The average Bonchev–Trinajstić information content (AvgIpc) is 3.17. The van der Waals surface area contributed by atoms with E-state index in [0.717, 1.165) is 103 Å². The standard InChI is InChI=1S/C48H87NO5/c1-3-5-7-9-11-13-14-15-16-17-18-22-26-30-34-38-42-48(53)54-43-39-35-31-27-23-20-19-21-25-29-33-37-41-47(52)49-45(44-50)46(51)40-36-32-28-24-12-10-8-6-4-2/h13-14,16-17,20,23,36,40,45-46,50-51H,3-12,15,18-19,21-22,24-35,37-39,41-44H2,1-2H3,(H,49,52)/b14-13-,17-16-,23-20-,40-36+. The predicted octanol–water partition coefficient (Wildman–Crippen LogP) is 13.1. The molecule has 0 saturated heterocycles. The summed E-state index contributed by atoms with van der Waals surface area (Å²) in [5.74, 6) is -0.139. The van der Waals surface area contributed by atoms with Crippen LogP contribution in [0.4, 0.5) is 0 Å². The second-order valence-corrected chi connectivity index (χ2v) is 15.4. The van der Waals surface area contributed by atoms with Crippen LogP contribution in [0.3, 0.4) is 0 Å². The molecule has 0 aromatic heterocycles. The van der Waals surface area contributed by atoms with Gasteiger partial charge in [0.15, 0.2) is 0 Å². The maximum absolute atomic E-state index is 12.3. The molecule has 0 aliphatic carbocycles. The summed E-state index contributed by atoms with van der Waals surface area (Å²) in [7, 11) is 0. The number of esters is 1. The van der Waals surface area contributed by atoms with Crippen LogP contribution in [0, 0.1) is 0 Å². The zero-order valence-corrected chi connectivity index (χ0v) is 35.4. The first-order valence-electron chi connectivity index (χ1n) is 22.9. The number of rotatable bonds is 41. The zero-order valence-electron chi connectivity index (χ0n) is 35.4. The minimum atomic E-state index is -0.859.